The number of carbonyl (C=O) groups excluding carboxylic acids is 4. The van der Waals surface area contributed by atoms with Gasteiger partial charge in [-0.25, -0.2) is 9.59 Å². The van der Waals surface area contributed by atoms with Gasteiger partial charge in [0.2, 0.25) is 0 Å². The fourth-order valence-corrected chi connectivity index (χ4v) is 2.35. The van der Waals surface area contributed by atoms with Gasteiger partial charge in [0.25, 0.3) is 11.6 Å². The van der Waals surface area contributed by atoms with E-state index in [-0.39, 0.29) is 37.6 Å². The number of rotatable bonds is 11. The Hall–Kier alpha value is -3.68. The smallest absolute Gasteiger partial charge is 0.379 e. The minimum absolute atomic E-state index is 0.135. The summed E-state index contributed by atoms with van der Waals surface area (Å²) < 4.78 is 20.4. The van der Waals surface area contributed by atoms with E-state index in [9.17, 15) is 19.2 Å². The Labute approximate surface area is 173 Å². The SMILES string of the molecule is CCOC(=O)C(=O)c1ccc(OCCOc2ccc(C(=O)C(=O)OCC)cc2)cc1. The van der Waals surface area contributed by atoms with Gasteiger partial charge in [-0.15, -0.1) is 0 Å². The van der Waals surface area contributed by atoms with E-state index < -0.39 is 23.5 Å². The molecule has 0 aliphatic carbocycles. The molecule has 0 aromatic heterocycles. The fourth-order valence-electron chi connectivity index (χ4n) is 2.35. The molecule has 0 amide bonds. The molecule has 0 unspecified atom stereocenters. The van der Waals surface area contributed by atoms with Gasteiger partial charge in [0.05, 0.1) is 13.2 Å². The lowest BCUT2D eigenvalue weighted by atomic mass is 10.1. The molecule has 0 aliphatic heterocycles. The third-order valence-corrected chi connectivity index (χ3v) is 3.78. The molecule has 30 heavy (non-hydrogen) atoms. The molecular formula is C22H22O8. The molecule has 2 rings (SSSR count). The summed E-state index contributed by atoms with van der Waals surface area (Å²) in [6, 6.07) is 12.2. The van der Waals surface area contributed by atoms with E-state index in [1.807, 2.05) is 0 Å². The van der Waals surface area contributed by atoms with Crippen LogP contribution >= 0.6 is 0 Å². The normalized spacial score (nSPS) is 10.1. The summed E-state index contributed by atoms with van der Waals surface area (Å²) in [4.78, 5) is 46.5. The summed E-state index contributed by atoms with van der Waals surface area (Å²) in [7, 11) is 0. The van der Waals surface area contributed by atoms with Gasteiger partial charge in [-0.1, -0.05) is 0 Å². The monoisotopic (exact) mass is 414 g/mol. The molecule has 158 valence electrons. The summed E-state index contributed by atoms with van der Waals surface area (Å²) in [6.07, 6.45) is 0. The molecular weight excluding hydrogens is 392 g/mol. The average Bonchev–Trinajstić information content (AvgIpc) is 2.77. The van der Waals surface area contributed by atoms with Crippen LogP contribution in [0, 0.1) is 0 Å². The standard InChI is InChI=1S/C22H22O8/c1-3-27-21(25)19(23)15-5-9-17(10-6-15)29-13-14-30-18-11-7-16(8-12-18)20(24)22(26)28-4-2/h5-12H,3-4,13-14H2,1-2H3. The predicted octanol–water partition coefficient (Wildman–Crippen LogP) is 2.64. The van der Waals surface area contributed by atoms with Gasteiger partial charge >= 0.3 is 11.9 Å². The Morgan fingerprint density at radius 1 is 0.600 bits per heavy atom. The number of esters is 2. The highest BCUT2D eigenvalue weighted by molar-refractivity contribution is 6.41. The maximum atomic E-state index is 11.8. The van der Waals surface area contributed by atoms with Crippen LogP contribution in [0.15, 0.2) is 48.5 Å². The molecule has 0 heterocycles. The molecule has 0 spiro atoms. The zero-order valence-corrected chi connectivity index (χ0v) is 16.7. The van der Waals surface area contributed by atoms with Crippen molar-refractivity contribution in [3.63, 3.8) is 0 Å². The van der Waals surface area contributed by atoms with Crippen molar-refractivity contribution < 1.29 is 38.1 Å². The Kier molecular flexibility index (Phi) is 8.56. The maximum absolute atomic E-state index is 11.8. The number of hydrogen-bond acceptors (Lipinski definition) is 8. The van der Waals surface area contributed by atoms with Crippen molar-refractivity contribution in [3.05, 3.63) is 59.7 Å². The van der Waals surface area contributed by atoms with Crippen LogP contribution in [-0.2, 0) is 19.1 Å². The third kappa shape index (κ3) is 6.44. The van der Waals surface area contributed by atoms with E-state index in [1.165, 1.54) is 24.3 Å². The number of carbonyl (C=O) groups is 4. The van der Waals surface area contributed by atoms with Gasteiger partial charge in [0, 0.05) is 11.1 Å². The first-order chi connectivity index (χ1) is 14.5. The maximum Gasteiger partial charge on any atom is 0.379 e. The van der Waals surface area contributed by atoms with Crippen molar-refractivity contribution in [1.29, 1.82) is 0 Å². The number of Topliss-reactive ketones (excluding diaryl/α,β-unsaturated/α-hetero) is 2. The second-order valence-corrected chi connectivity index (χ2v) is 5.84. The lowest BCUT2D eigenvalue weighted by Gasteiger charge is -2.09. The first-order valence-corrected chi connectivity index (χ1v) is 9.34. The van der Waals surface area contributed by atoms with Gasteiger partial charge in [-0.2, -0.15) is 0 Å². The molecule has 0 atom stereocenters. The minimum Gasteiger partial charge on any atom is -0.490 e. The fraction of sp³-hybridized carbons (Fsp3) is 0.273. The van der Waals surface area contributed by atoms with E-state index in [4.69, 9.17) is 9.47 Å². The minimum atomic E-state index is -0.894. The molecule has 8 heteroatoms. The summed E-state index contributed by atoms with van der Waals surface area (Å²) >= 11 is 0. The Bertz CT molecular complexity index is 809. The number of ether oxygens (including phenoxy) is 4. The quantitative estimate of drug-likeness (QED) is 0.239. The van der Waals surface area contributed by atoms with E-state index in [1.54, 1.807) is 38.1 Å². The van der Waals surface area contributed by atoms with Crippen LogP contribution in [-0.4, -0.2) is 49.9 Å². The summed E-state index contributed by atoms with van der Waals surface area (Å²) in [6.45, 7) is 3.99. The first kappa shape index (κ1) is 22.6. The highest BCUT2D eigenvalue weighted by Crippen LogP contribution is 2.15. The number of ketones is 2. The Morgan fingerprint density at radius 3 is 1.23 bits per heavy atom. The van der Waals surface area contributed by atoms with E-state index >= 15 is 0 Å². The van der Waals surface area contributed by atoms with Gasteiger partial charge in [-0.05, 0) is 62.4 Å². The van der Waals surface area contributed by atoms with E-state index in [2.05, 4.69) is 9.47 Å². The van der Waals surface area contributed by atoms with Gasteiger partial charge in [0.15, 0.2) is 0 Å². The molecule has 0 radical (unpaired) electrons. The van der Waals surface area contributed by atoms with E-state index in [0.717, 1.165) is 0 Å². The predicted molar refractivity (Wildman–Crippen MR) is 106 cm³/mol. The second kappa shape index (κ2) is 11.4. The van der Waals surface area contributed by atoms with Crippen LogP contribution in [0.25, 0.3) is 0 Å². The lowest BCUT2D eigenvalue weighted by molar-refractivity contribution is -0.138. The van der Waals surface area contributed by atoms with Crippen LogP contribution in [0.2, 0.25) is 0 Å². The van der Waals surface area contributed by atoms with Gasteiger partial charge in [0.1, 0.15) is 24.7 Å². The molecule has 0 saturated heterocycles. The van der Waals surface area contributed by atoms with Crippen LogP contribution in [0.5, 0.6) is 11.5 Å². The number of benzene rings is 2. The van der Waals surface area contributed by atoms with Gasteiger partial charge in [-0.3, -0.25) is 9.59 Å². The van der Waals surface area contributed by atoms with Crippen LogP contribution in [0.3, 0.4) is 0 Å². The Morgan fingerprint density at radius 2 is 0.933 bits per heavy atom. The Balaban J connectivity index is 1.78. The third-order valence-electron chi connectivity index (χ3n) is 3.78. The van der Waals surface area contributed by atoms with Crippen molar-refractivity contribution in [1.82, 2.24) is 0 Å². The molecule has 0 fully saturated rings. The second-order valence-electron chi connectivity index (χ2n) is 5.84. The molecule has 0 bridgehead atoms. The van der Waals surface area contributed by atoms with Crippen molar-refractivity contribution in [2.45, 2.75) is 13.8 Å². The molecule has 2 aromatic rings. The van der Waals surface area contributed by atoms with Crippen LogP contribution in [0.1, 0.15) is 34.6 Å². The van der Waals surface area contributed by atoms with Crippen molar-refractivity contribution in [2.24, 2.45) is 0 Å². The van der Waals surface area contributed by atoms with Crippen molar-refractivity contribution in [3.8, 4) is 11.5 Å². The zero-order chi connectivity index (χ0) is 21.9. The highest BCUT2D eigenvalue weighted by Gasteiger charge is 2.18. The van der Waals surface area contributed by atoms with Crippen LogP contribution in [0.4, 0.5) is 0 Å². The average molecular weight is 414 g/mol. The zero-order valence-electron chi connectivity index (χ0n) is 16.7. The topological polar surface area (TPSA) is 105 Å². The summed E-state index contributed by atoms with van der Waals surface area (Å²) in [5.41, 5.74) is 0.434. The summed E-state index contributed by atoms with van der Waals surface area (Å²) in [5.74, 6) is -2.19. The highest BCUT2D eigenvalue weighted by atomic mass is 16.5. The first-order valence-electron chi connectivity index (χ1n) is 9.34. The molecule has 0 N–H and O–H groups in total. The summed E-state index contributed by atoms with van der Waals surface area (Å²) in [5, 5.41) is 0. The molecule has 2 aromatic carbocycles. The molecule has 0 aliphatic rings. The largest absolute Gasteiger partial charge is 0.490 e. The molecule has 0 saturated carbocycles. The van der Waals surface area contributed by atoms with Crippen molar-refractivity contribution in [2.75, 3.05) is 26.4 Å². The van der Waals surface area contributed by atoms with E-state index in [0.29, 0.717) is 11.5 Å². The van der Waals surface area contributed by atoms with Crippen LogP contribution < -0.4 is 9.47 Å². The van der Waals surface area contributed by atoms with Crippen molar-refractivity contribution >= 4 is 23.5 Å². The lowest BCUT2D eigenvalue weighted by Crippen LogP contribution is -2.17. The van der Waals surface area contributed by atoms with Gasteiger partial charge < -0.3 is 18.9 Å². The number of hydrogen-bond donors (Lipinski definition) is 0. The molecule has 8 nitrogen and oxygen atoms in total.